The average molecular weight is 312 g/mol. The molecule has 0 aliphatic heterocycles. The molecule has 0 saturated carbocycles. The molecule has 5 nitrogen and oxygen atoms in total. The molecular weight excluding hydrogens is 299 g/mol. The van der Waals surface area contributed by atoms with Gasteiger partial charge in [-0.3, -0.25) is 0 Å². The summed E-state index contributed by atoms with van der Waals surface area (Å²) < 4.78 is 36.2. The predicted octanol–water partition coefficient (Wildman–Crippen LogP) is 1.45. The van der Waals surface area contributed by atoms with Gasteiger partial charge in [-0.1, -0.05) is 28.9 Å². The molecule has 1 aromatic rings. The zero-order chi connectivity index (χ0) is 15.3. The number of nitrogens with one attached hydrogen (secondary N) is 1. The number of halogens is 4. The minimum Gasteiger partial charge on any atom is -0.409 e. The minimum atomic E-state index is -4.66. The number of nitrogens with two attached hydrogens (primary N) is 1. The highest BCUT2D eigenvalue weighted by Crippen LogP contribution is 2.20. The van der Waals surface area contributed by atoms with Crippen molar-refractivity contribution in [3.05, 3.63) is 34.3 Å². The van der Waals surface area contributed by atoms with Gasteiger partial charge in [0.25, 0.3) is 0 Å². The van der Waals surface area contributed by atoms with E-state index in [4.69, 9.17) is 27.6 Å². The quantitative estimate of drug-likeness (QED) is 0.287. The molecule has 0 heterocycles. The predicted molar refractivity (Wildman–Crippen MR) is 67.7 cm³/mol. The van der Waals surface area contributed by atoms with Gasteiger partial charge in [0, 0.05) is 23.7 Å². The molecule has 1 aromatic carbocycles. The minimum absolute atomic E-state index is 0.0441. The van der Waals surface area contributed by atoms with Crippen LogP contribution < -0.4 is 11.1 Å². The molecular formula is C11H13ClF3N3O2. The molecule has 0 saturated heterocycles. The fourth-order valence-corrected chi connectivity index (χ4v) is 1.61. The molecule has 0 spiro atoms. The molecule has 1 atom stereocenters. The van der Waals surface area contributed by atoms with Crippen LogP contribution in [0.1, 0.15) is 11.1 Å². The van der Waals surface area contributed by atoms with Crippen LogP contribution in [0.15, 0.2) is 23.4 Å². The summed E-state index contributed by atoms with van der Waals surface area (Å²) in [6.07, 6.45) is -7.09. The third-order valence-electron chi connectivity index (χ3n) is 2.49. The first kappa shape index (κ1) is 16.5. The number of nitrogens with zero attached hydrogens (tertiary/aromatic N) is 1. The monoisotopic (exact) mass is 311 g/mol. The first-order valence-electron chi connectivity index (χ1n) is 5.47. The van der Waals surface area contributed by atoms with Crippen molar-refractivity contribution in [2.75, 3.05) is 6.54 Å². The lowest BCUT2D eigenvalue weighted by Gasteiger charge is -2.15. The van der Waals surface area contributed by atoms with Gasteiger partial charge in [0.05, 0.1) is 0 Å². The molecule has 20 heavy (non-hydrogen) atoms. The van der Waals surface area contributed by atoms with E-state index in [1.807, 2.05) is 0 Å². The van der Waals surface area contributed by atoms with Crippen LogP contribution in [0, 0.1) is 0 Å². The molecule has 0 aromatic heterocycles. The van der Waals surface area contributed by atoms with E-state index >= 15 is 0 Å². The second-order valence-electron chi connectivity index (χ2n) is 3.98. The van der Waals surface area contributed by atoms with Crippen LogP contribution in [0.5, 0.6) is 0 Å². The number of hydrogen-bond acceptors (Lipinski definition) is 4. The Kier molecular flexibility index (Phi) is 5.61. The number of benzene rings is 1. The second-order valence-corrected chi connectivity index (χ2v) is 4.39. The molecule has 0 amide bonds. The van der Waals surface area contributed by atoms with E-state index in [9.17, 15) is 13.2 Å². The highest BCUT2D eigenvalue weighted by atomic mass is 35.5. The van der Waals surface area contributed by atoms with Crippen LogP contribution in [0.3, 0.4) is 0 Å². The van der Waals surface area contributed by atoms with Crippen LogP contribution in [0.2, 0.25) is 5.02 Å². The Labute approximate surface area is 117 Å². The summed E-state index contributed by atoms with van der Waals surface area (Å²) in [5.74, 6) is -0.126. The summed E-state index contributed by atoms with van der Waals surface area (Å²) in [7, 11) is 0. The second kappa shape index (κ2) is 6.78. The number of alkyl halides is 3. The summed E-state index contributed by atoms with van der Waals surface area (Å²) >= 11 is 5.92. The van der Waals surface area contributed by atoms with Gasteiger partial charge in [0.15, 0.2) is 11.9 Å². The number of amidine groups is 1. The van der Waals surface area contributed by atoms with Gasteiger partial charge in [-0.15, -0.1) is 0 Å². The number of aliphatic hydroxyl groups excluding tert-OH is 1. The fraction of sp³-hybridized carbons (Fsp3) is 0.364. The van der Waals surface area contributed by atoms with Gasteiger partial charge in [0.1, 0.15) is 0 Å². The molecule has 1 unspecified atom stereocenters. The van der Waals surface area contributed by atoms with Crippen LogP contribution >= 0.6 is 11.6 Å². The molecule has 9 heteroatoms. The van der Waals surface area contributed by atoms with E-state index in [-0.39, 0.29) is 17.4 Å². The van der Waals surface area contributed by atoms with E-state index in [1.54, 1.807) is 0 Å². The van der Waals surface area contributed by atoms with Gasteiger partial charge in [0.2, 0.25) is 0 Å². The van der Waals surface area contributed by atoms with Crippen molar-refractivity contribution in [3.63, 3.8) is 0 Å². The van der Waals surface area contributed by atoms with Crippen LogP contribution in [-0.2, 0) is 6.54 Å². The molecule has 1 rings (SSSR count). The molecule has 0 aliphatic rings. The highest BCUT2D eigenvalue weighted by molar-refractivity contribution is 6.31. The maximum absolute atomic E-state index is 12.1. The van der Waals surface area contributed by atoms with Gasteiger partial charge in [-0.05, 0) is 11.6 Å². The van der Waals surface area contributed by atoms with E-state index in [0.717, 1.165) is 0 Å². The first-order chi connectivity index (χ1) is 9.25. The lowest BCUT2D eigenvalue weighted by atomic mass is 10.1. The Balaban J connectivity index is 2.62. The molecule has 0 bridgehead atoms. The summed E-state index contributed by atoms with van der Waals surface area (Å²) in [5.41, 5.74) is 6.28. The van der Waals surface area contributed by atoms with Crippen molar-refractivity contribution in [3.8, 4) is 0 Å². The van der Waals surface area contributed by atoms with E-state index in [1.165, 1.54) is 18.2 Å². The summed E-state index contributed by atoms with van der Waals surface area (Å²) in [4.78, 5) is 0. The zero-order valence-electron chi connectivity index (χ0n) is 10.2. The summed E-state index contributed by atoms with van der Waals surface area (Å²) in [5, 5.41) is 22.8. The smallest absolute Gasteiger partial charge is 0.409 e. The lowest BCUT2D eigenvalue weighted by molar-refractivity contribution is -0.201. The maximum atomic E-state index is 12.1. The Morgan fingerprint density at radius 2 is 2.10 bits per heavy atom. The number of aliphatic hydroxyl groups is 1. The third kappa shape index (κ3) is 4.55. The largest absolute Gasteiger partial charge is 0.415 e. The van der Waals surface area contributed by atoms with Crippen molar-refractivity contribution in [1.29, 1.82) is 0 Å². The van der Waals surface area contributed by atoms with Crippen molar-refractivity contribution >= 4 is 17.4 Å². The molecule has 112 valence electrons. The SMILES string of the molecule is N/C(=N/O)c1ccc(CNCC(O)C(F)(F)F)c(Cl)c1. The Morgan fingerprint density at radius 3 is 2.60 bits per heavy atom. The third-order valence-corrected chi connectivity index (χ3v) is 2.84. The van der Waals surface area contributed by atoms with Crippen LogP contribution in [0.4, 0.5) is 13.2 Å². The lowest BCUT2D eigenvalue weighted by Crippen LogP contribution is -2.38. The molecule has 5 N–H and O–H groups in total. The maximum Gasteiger partial charge on any atom is 0.415 e. The average Bonchev–Trinajstić information content (AvgIpc) is 2.38. The van der Waals surface area contributed by atoms with Gasteiger partial charge < -0.3 is 21.4 Å². The van der Waals surface area contributed by atoms with Gasteiger partial charge in [-0.2, -0.15) is 13.2 Å². The van der Waals surface area contributed by atoms with Crippen molar-refractivity contribution in [2.45, 2.75) is 18.8 Å². The van der Waals surface area contributed by atoms with Crippen LogP contribution in [0.25, 0.3) is 0 Å². The number of hydrogen-bond donors (Lipinski definition) is 4. The molecule has 0 aliphatic carbocycles. The zero-order valence-corrected chi connectivity index (χ0v) is 10.9. The molecule has 0 fully saturated rings. The fourth-order valence-electron chi connectivity index (χ4n) is 1.37. The first-order valence-corrected chi connectivity index (χ1v) is 5.85. The highest BCUT2D eigenvalue weighted by Gasteiger charge is 2.37. The standard InChI is InChI=1S/C11H13ClF3N3O2/c12-8-3-6(10(16)18-20)1-2-7(8)4-17-5-9(19)11(13,14)15/h1-3,9,17,19-20H,4-5H2,(H2,16,18). The van der Waals surface area contributed by atoms with E-state index < -0.39 is 18.8 Å². The van der Waals surface area contributed by atoms with Gasteiger partial charge in [-0.25, -0.2) is 0 Å². The van der Waals surface area contributed by atoms with Crippen molar-refractivity contribution in [1.82, 2.24) is 5.32 Å². The van der Waals surface area contributed by atoms with Crippen molar-refractivity contribution in [2.24, 2.45) is 10.9 Å². The van der Waals surface area contributed by atoms with E-state index in [2.05, 4.69) is 10.5 Å². The number of oxime groups is 1. The van der Waals surface area contributed by atoms with Crippen LogP contribution in [-0.4, -0.2) is 35.0 Å². The summed E-state index contributed by atoms with van der Waals surface area (Å²) in [6.45, 7) is -0.593. The Bertz CT molecular complexity index is 494. The number of rotatable bonds is 5. The molecule has 0 radical (unpaired) electrons. The van der Waals surface area contributed by atoms with Crippen molar-refractivity contribution < 1.29 is 23.5 Å². The Hall–Kier alpha value is -1.51. The Morgan fingerprint density at radius 1 is 1.45 bits per heavy atom. The summed E-state index contributed by atoms with van der Waals surface area (Å²) in [6, 6.07) is 4.47. The van der Waals surface area contributed by atoms with Gasteiger partial charge >= 0.3 is 6.18 Å². The topological polar surface area (TPSA) is 90.9 Å². The normalized spacial score (nSPS) is 14.3. The van der Waals surface area contributed by atoms with E-state index in [0.29, 0.717) is 11.1 Å².